The quantitative estimate of drug-likeness (QED) is 0.542. The number of benzene rings is 2. The van der Waals surface area contributed by atoms with E-state index in [-0.39, 0.29) is 22.5 Å². The highest BCUT2D eigenvalue weighted by atomic mass is 32.2. The molecule has 0 aromatic heterocycles. The van der Waals surface area contributed by atoms with Crippen LogP contribution in [0.5, 0.6) is 5.75 Å². The molecule has 1 saturated heterocycles. The van der Waals surface area contributed by atoms with Crippen molar-refractivity contribution in [3.8, 4) is 5.75 Å². The second-order valence-corrected chi connectivity index (χ2v) is 11.1. The molecule has 33 heavy (non-hydrogen) atoms. The summed E-state index contributed by atoms with van der Waals surface area (Å²) in [7, 11) is -2.29. The SMILES string of the molecule is COc1ccc(NC(=O)C(C)Sc2ccc(NC(C)=O)cc2)cc1S(=O)(=O)N1CCCCC1. The minimum absolute atomic E-state index is 0.0542. The third-order valence-electron chi connectivity index (χ3n) is 5.22. The number of nitrogens with zero attached hydrogens (tertiary/aromatic N) is 1. The Labute approximate surface area is 199 Å². The van der Waals surface area contributed by atoms with Crippen LogP contribution in [-0.2, 0) is 19.6 Å². The highest BCUT2D eigenvalue weighted by molar-refractivity contribution is 8.00. The summed E-state index contributed by atoms with van der Waals surface area (Å²) in [6.45, 7) is 4.18. The van der Waals surface area contributed by atoms with E-state index < -0.39 is 15.3 Å². The number of amides is 2. The van der Waals surface area contributed by atoms with Gasteiger partial charge >= 0.3 is 0 Å². The Morgan fingerprint density at radius 1 is 1.00 bits per heavy atom. The van der Waals surface area contributed by atoms with Crippen molar-refractivity contribution in [1.29, 1.82) is 0 Å². The Kier molecular flexibility index (Phi) is 8.39. The summed E-state index contributed by atoms with van der Waals surface area (Å²) in [5.41, 5.74) is 1.08. The number of nitrogens with one attached hydrogen (secondary N) is 2. The Bertz CT molecular complexity index is 1100. The van der Waals surface area contributed by atoms with Crippen molar-refractivity contribution in [3.05, 3.63) is 42.5 Å². The summed E-state index contributed by atoms with van der Waals surface area (Å²) < 4.78 is 33.1. The Hall–Kier alpha value is -2.56. The lowest BCUT2D eigenvalue weighted by atomic mass is 10.2. The normalized spacial score (nSPS) is 15.5. The van der Waals surface area contributed by atoms with E-state index in [1.54, 1.807) is 31.2 Å². The van der Waals surface area contributed by atoms with Crippen LogP contribution in [0.4, 0.5) is 11.4 Å². The highest BCUT2D eigenvalue weighted by Gasteiger charge is 2.29. The van der Waals surface area contributed by atoms with Gasteiger partial charge in [0, 0.05) is 36.3 Å². The van der Waals surface area contributed by atoms with Gasteiger partial charge in [0.05, 0.1) is 12.4 Å². The van der Waals surface area contributed by atoms with Crippen molar-refractivity contribution in [2.75, 3.05) is 30.8 Å². The molecule has 2 aromatic carbocycles. The largest absolute Gasteiger partial charge is 0.495 e. The van der Waals surface area contributed by atoms with Crippen molar-refractivity contribution in [2.24, 2.45) is 0 Å². The first-order valence-corrected chi connectivity index (χ1v) is 13.1. The van der Waals surface area contributed by atoms with Crippen LogP contribution in [0, 0.1) is 0 Å². The van der Waals surface area contributed by atoms with E-state index in [2.05, 4.69) is 10.6 Å². The maximum Gasteiger partial charge on any atom is 0.246 e. The Morgan fingerprint density at radius 2 is 1.64 bits per heavy atom. The summed E-state index contributed by atoms with van der Waals surface area (Å²) >= 11 is 1.36. The molecule has 8 nitrogen and oxygen atoms in total. The summed E-state index contributed by atoms with van der Waals surface area (Å²) in [6.07, 6.45) is 2.68. The number of hydrogen-bond donors (Lipinski definition) is 2. The van der Waals surface area contributed by atoms with Gasteiger partial charge in [-0.3, -0.25) is 9.59 Å². The van der Waals surface area contributed by atoms with E-state index in [9.17, 15) is 18.0 Å². The first-order chi connectivity index (χ1) is 15.7. The average molecular weight is 492 g/mol. The third-order valence-corrected chi connectivity index (χ3v) is 8.25. The molecule has 178 valence electrons. The minimum Gasteiger partial charge on any atom is -0.495 e. The molecular weight excluding hydrogens is 462 g/mol. The molecule has 0 aliphatic carbocycles. The van der Waals surface area contributed by atoms with Gasteiger partial charge in [-0.05, 0) is 62.2 Å². The van der Waals surface area contributed by atoms with Crippen LogP contribution in [0.3, 0.4) is 0 Å². The van der Waals surface area contributed by atoms with Crippen LogP contribution in [0.25, 0.3) is 0 Å². The number of sulfonamides is 1. The Balaban J connectivity index is 1.71. The van der Waals surface area contributed by atoms with E-state index in [0.717, 1.165) is 24.2 Å². The van der Waals surface area contributed by atoms with Crippen molar-refractivity contribution in [3.63, 3.8) is 0 Å². The van der Waals surface area contributed by atoms with Crippen molar-refractivity contribution in [2.45, 2.75) is 48.2 Å². The number of anilines is 2. The molecule has 1 fully saturated rings. The van der Waals surface area contributed by atoms with E-state index in [0.29, 0.717) is 24.5 Å². The van der Waals surface area contributed by atoms with Crippen LogP contribution >= 0.6 is 11.8 Å². The van der Waals surface area contributed by atoms with Gasteiger partial charge in [0.25, 0.3) is 0 Å². The number of thioether (sulfide) groups is 1. The van der Waals surface area contributed by atoms with E-state index >= 15 is 0 Å². The topological polar surface area (TPSA) is 105 Å². The standard InChI is InChI=1S/C23H29N3O5S2/c1-16(32-20-10-7-18(8-11-20)24-17(2)27)23(28)25-19-9-12-21(31-3)22(15-19)33(29,30)26-13-5-4-6-14-26/h7-12,15-16H,4-6,13-14H2,1-3H3,(H,24,27)(H,25,28). The Morgan fingerprint density at radius 3 is 2.24 bits per heavy atom. The number of hydrogen-bond acceptors (Lipinski definition) is 6. The molecular formula is C23H29N3O5S2. The maximum atomic E-state index is 13.2. The monoisotopic (exact) mass is 491 g/mol. The lowest BCUT2D eigenvalue weighted by molar-refractivity contribution is -0.115. The van der Waals surface area contributed by atoms with Crippen LogP contribution in [0.2, 0.25) is 0 Å². The molecule has 2 aromatic rings. The first-order valence-electron chi connectivity index (χ1n) is 10.7. The smallest absolute Gasteiger partial charge is 0.246 e. The van der Waals surface area contributed by atoms with Gasteiger partial charge in [-0.15, -0.1) is 11.8 Å². The molecule has 1 unspecified atom stereocenters. The molecule has 1 heterocycles. The highest BCUT2D eigenvalue weighted by Crippen LogP contribution is 2.32. The summed E-state index contributed by atoms with van der Waals surface area (Å²) in [6, 6.07) is 11.9. The van der Waals surface area contributed by atoms with Gasteiger partial charge in [0.1, 0.15) is 10.6 Å². The molecule has 2 N–H and O–H groups in total. The van der Waals surface area contributed by atoms with Crippen LogP contribution in [0.15, 0.2) is 52.3 Å². The van der Waals surface area contributed by atoms with Gasteiger partial charge in [-0.1, -0.05) is 6.42 Å². The number of methoxy groups -OCH3 is 1. The van der Waals surface area contributed by atoms with Gasteiger partial charge in [-0.25, -0.2) is 8.42 Å². The fourth-order valence-electron chi connectivity index (χ4n) is 3.52. The number of carbonyl (C=O) groups is 2. The molecule has 3 rings (SSSR count). The summed E-state index contributed by atoms with van der Waals surface area (Å²) in [5, 5.41) is 5.08. The zero-order valence-corrected chi connectivity index (χ0v) is 20.6. The van der Waals surface area contributed by atoms with Gasteiger partial charge in [0.2, 0.25) is 21.8 Å². The minimum atomic E-state index is -3.72. The maximum absolute atomic E-state index is 13.2. The first kappa shape index (κ1) is 25.1. The van der Waals surface area contributed by atoms with Gasteiger partial charge in [-0.2, -0.15) is 4.31 Å². The lowest BCUT2D eigenvalue weighted by Gasteiger charge is -2.26. The average Bonchev–Trinajstić information content (AvgIpc) is 2.80. The van der Waals surface area contributed by atoms with Crippen LogP contribution in [-0.4, -0.2) is 50.0 Å². The van der Waals surface area contributed by atoms with E-state index in [1.165, 1.54) is 36.2 Å². The molecule has 1 aliphatic rings. The third kappa shape index (κ3) is 6.49. The molecule has 1 atom stereocenters. The zero-order chi connectivity index (χ0) is 24.0. The van der Waals surface area contributed by atoms with Gasteiger partial charge in [0.15, 0.2) is 0 Å². The summed E-state index contributed by atoms with van der Waals surface area (Å²) in [5.74, 6) is -0.151. The predicted molar refractivity (Wildman–Crippen MR) is 130 cm³/mol. The molecule has 2 amide bonds. The molecule has 10 heteroatoms. The lowest BCUT2D eigenvalue weighted by Crippen LogP contribution is -2.35. The number of piperidine rings is 1. The van der Waals surface area contributed by atoms with Crippen molar-refractivity contribution < 1.29 is 22.7 Å². The number of rotatable bonds is 8. The predicted octanol–water partition coefficient (Wildman–Crippen LogP) is 3.95. The molecule has 0 spiro atoms. The zero-order valence-electron chi connectivity index (χ0n) is 19.0. The fraction of sp³-hybridized carbons (Fsp3) is 0.391. The molecule has 0 bridgehead atoms. The summed E-state index contributed by atoms with van der Waals surface area (Å²) in [4.78, 5) is 24.8. The second-order valence-electron chi connectivity index (χ2n) is 7.79. The number of ether oxygens (including phenoxy) is 1. The van der Waals surface area contributed by atoms with Gasteiger partial charge < -0.3 is 15.4 Å². The van der Waals surface area contributed by atoms with Crippen molar-refractivity contribution >= 4 is 45.0 Å². The fourth-order valence-corrected chi connectivity index (χ4v) is 6.09. The van der Waals surface area contributed by atoms with Crippen LogP contribution in [0.1, 0.15) is 33.1 Å². The molecule has 0 saturated carbocycles. The van der Waals surface area contributed by atoms with E-state index in [4.69, 9.17) is 4.74 Å². The van der Waals surface area contributed by atoms with Crippen LogP contribution < -0.4 is 15.4 Å². The second kappa shape index (κ2) is 11.0. The molecule has 0 radical (unpaired) electrons. The van der Waals surface area contributed by atoms with Crippen molar-refractivity contribution in [1.82, 2.24) is 4.31 Å². The number of carbonyl (C=O) groups excluding carboxylic acids is 2. The molecule has 1 aliphatic heterocycles. The van der Waals surface area contributed by atoms with E-state index in [1.807, 2.05) is 12.1 Å².